The van der Waals surface area contributed by atoms with Crippen LogP contribution in [0, 0.1) is 30.8 Å². The summed E-state index contributed by atoms with van der Waals surface area (Å²) >= 11 is 0. The quantitative estimate of drug-likeness (QED) is 0.764. The molecular formula is C21H24N2P. The Morgan fingerprint density at radius 1 is 0.917 bits per heavy atom. The molecule has 1 atom stereocenters. The summed E-state index contributed by atoms with van der Waals surface area (Å²) in [4.78, 5) is 0. The van der Waals surface area contributed by atoms with Crippen LogP contribution in [-0.4, -0.2) is 19.1 Å². The Bertz CT molecular complexity index is 562. The van der Waals surface area contributed by atoms with Crippen molar-refractivity contribution in [1.29, 1.82) is 0 Å². The van der Waals surface area contributed by atoms with Crippen LogP contribution in [0.4, 0.5) is 0 Å². The molecule has 1 saturated carbocycles. The van der Waals surface area contributed by atoms with Crippen molar-refractivity contribution in [3.8, 4) is 0 Å². The third-order valence-corrected chi connectivity index (χ3v) is 6.67. The highest BCUT2D eigenvalue weighted by atomic mass is 31.1. The van der Waals surface area contributed by atoms with Crippen molar-refractivity contribution in [2.45, 2.75) is 13.0 Å². The minimum atomic E-state index is -0.548. The average Bonchev–Trinajstić information content (AvgIpc) is 3.11. The third kappa shape index (κ3) is 4.06. The van der Waals surface area contributed by atoms with Crippen LogP contribution in [0.5, 0.6) is 0 Å². The van der Waals surface area contributed by atoms with Crippen molar-refractivity contribution in [2.75, 3.05) is 13.1 Å². The number of hydrogen-bond acceptors (Lipinski definition) is 2. The molecule has 0 saturated heterocycles. The molecule has 2 aromatic rings. The smallest absolute Gasteiger partial charge is 0.0211 e. The Labute approximate surface area is 147 Å². The topological polar surface area (TPSA) is 38.0 Å². The van der Waals surface area contributed by atoms with Crippen molar-refractivity contribution in [3.05, 3.63) is 91.5 Å². The molecule has 0 unspecified atom stereocenters. The van der Waals surface area contributed by atoms with Crippen LogP contribution in [0.3, 0.4) is 0 Å². The molecule has 0 spiro atoms. The zero-order chi connectivity index (χ0) is 16.8. The molecule has 3 heteroatoms. The van der Waals surface area contributed by atoms with Gasteiger partial charge in [0.05, 0.1) is 0 Å². The lowest BCUT2D eigenvalue weighted by Gasteiger charge is -2.32. The maximum atomic E-state index is 5.65. The second-order valence-electron chi connectivity index (χ2n) is 5.84. The molecule has 5 radical (unpaired) electrons. The van der Waals surface area contributed by atoms with Gasteiger partial charge in [0, 0.05) is 30.7 Å². The summed E-state index contributed by atoms with van der Waals surface area (Å²) in [6.07, 6.45) is 6.69. The summed E-state index contributed by atoms with van der Waals surface area (Å²) in [6, 6.07) is 22.0. The maximum Gasteiger partial charge on any atom is 0.0211 e. The molecule has 2 nitrogen and oxygen atoms in total. The van der Waals surface area contributed by atoms with Gasteiger partial charge in [0.15, 0.2) is 0 Å². The summed E-state index contributed by atoms with van der Waals surface area (Å²) in [5, 5.41) is 6.29. The Balaban J connectivity index is 1.90. The van der Waals surface area contributed by atoms with E-state index in [2.05, 4.69) is 92.2 Å². The van der Waals surface area contributed by atoms with Gasteiger partial charge in [-0.1, -0.05) is 60.7 Å². The van der Waals surface area contributed by atoms with E-state index in [1.54, 1.807) is 0 Å². The highest BCUT2D eigenvalue weighted by Crippen LogP contribution is 2.56. The second-order valence-corrected chi connectivity index (χ2v) is 8.02. The van der Waals surface area contributed by atoms with Crippen molar-refractivity contribution in [1.82, 2.24) is 5.32 Å². The minimum absolute atomic E-state index is 0.302. The Morgan fingerprint density at radius 3 is 2.04 bits per heavy atom. The number of rotatable bonds is 7. The molecule has 0 aliphatic heterocycles. The van der Waals surface area contributed by atoms with Gasteiger partial charge in [-0.05, 0) is 44.7 Å². The number of nitrogens with one attached hydrogen (secondary N) is 1. The molecule has 24 heavy (non-hydrogen) atoms. The highest BCUT2D eigenvalue weighted by Gasteiger charge is 2.39. The number of hydrogen-bond donors (Lipinski definition) is 2. The molecule has 0 bridgehead atoms. The first-order chi connectivity index (χ1) is 11.8. The predicted octanol–water partition coefficient (Wildman–Crippen LogP) is 2.79. The van der Waals surface area contributed by atoms with Gasteiger partial charge in [-0.15, -0.1) is 0 Å². The molecule has 0 amide bonds. The number of benzene rings is 2. The second kappa shape index (κ2) is 8.76. The zero-order valence-corrected chi connectivity index (χ0v) is 14.9. The van der Waals surface area contributed by atoms with Crippen molar-refractivity contribution in [3.63, 3.8) is 0 Å². The van der Waals surface area contributed by atoms with E-state index in [0.29, 0.717) is 12.6 Å². The van der Waals surface area contributed by atoms with Crippen molar-refractivity contribution >= 4 is 18.5 Å². The van der Waals surface area contributed by atoms with Gasteiger partial charge in [-0.3, -0.25) is 0 Å². The largest absolute Gasteiger partial charge is 0.329 e. The third-order valence-electron chi connectivity index (χ3n) is 4.16. The molecule has 3 rings (SSSR count). The van der Waals surface area contributed by atoms with Gasteiger partial charge in [-0.2, -0.15) is 0 Å². The SMILES string of the molecule is C[C@H](NCCN)[C]1[CH][CH][CH][C]1P(c1ccccc1)c1ccccc1. The Hall–Kier alpha value is -1.21. The Kier molecular flexibility index (Phi) is 6.43. The van der Waals surface area contributed by atoms with Crippen LogP contribution in [-0.2, 0) is 0 Å². The fourth-order valence-electron chi connectivity index (χ4n) is 2.99. The van der Waals surface area contributed by atoms with E-state index >= 15 is 0 Å². The molecule has 1 aliphatic rings. The molecule has 2 aromatic carbocycles. The normalized spacial score (nSPS) is 17.5. The molecule has 3 N–H and O–H groups in total. The molecule has 0 heterocycles. The fourth-order valence-corrected chi connectivity index (χ4v) is 5.54. The van der Waals surface area contributed by atoms with E-state index in [1.807, 2.05) is 0 Å². The van der Waals surface area contributed by atoms with E-state index in [1.165, 1.54) is 22.2 Å². The fraction of sp³-hybridized carbons (Fsp3) is 0.190. The summed E-state index contributed by atoms with van der Waals surface area (Å²) in [7, 11) is -0.548. The van der Waals surface area contributed by atoms with Crippen LogP contribution in [0.1, 0.15) is 6.92 Å². The lowest BCUT2D eigenvalue weighted by atomic mass is 9.99. The lowest BCUT2D eigenvalue weighted by molar-refractivity contribution is 0.585. The highest BCUT2D eigenvalue weighted by molar-refractivity contribution is 7.76. The molecule has 123 valence electrons. The van der Waals surface area contributed by atoms with Gasteiger partial charge in [0.2, 0.25) is 0 Å². The van der Waals surface area contributed by atoms with E-state index in [9.17, 15) is 0 Å². The zero-order valence-electron chi connectivity index (χ0n) is 14.0. The summed E-state index contributed by atoms with van der Waals surface area (Å²) in [5.41, 5.74) is 7.08. The van der Waals surface area contributed by atoms with E-state index in [4.69, 9.17) is 5.73 Å². The van der Waals surface area contributed by atoms with E-state index in [0.717, 1.165) is 6.54 Å². The molecule has 1 aliphatic carbocycles. The monoisotopic (exact) mass is 335 g/mol. The van der Waals surface area contributed by atoms with Gasteiger partial charge >= 0.3 is 0 Å². The lowest BCUT2D eigenvalue weighted by Crippen LogP contribution is -2.37. The first-order valence-corrected chi connectivity index (χ1v) is 9.74. The van der Waals surface area contributed by atoms with Crippen LogP contribution < -0.4 is 21.7 Å². The standard InChI is InChI=1S/C21H24N2P/c1-17(23-16-15-22)20-13-8-14-21(20)24(18-9-4-2-5-10-18)19-11-6-3-7-12-19/h2-14,17,23H,15-16,22H2,1H3/t17-/m0/s1. The summed E-state index contributed by atoms with van der Waals surface area (Å²) in [5.74, 6) is 1.38. The van der Waals surface area contributed by atoms with Crippen LogP contribution >= 0.6 is 7.92 Å². The van der Waals surface area contributed by atoms with Gasteiger partial charge < -0.3 is 11.1 Å². The summed E-state index contributed by atoms with van der Waals surface area (Å²) in [6.45, 7) is 3.71. The van der Waals surface area contributed by atoms with Crippen molar-refractivity contribution in [2.24, 2.45) is 5.73 Å². The molecule has 0 aromatic heterocycles. The number of nitrogens with two attached hydrogens (primary N) is 1. The van der Waals surface area contributed by atoms with Gasteiger partial charge in [-0.25, -0.2) is 0 Å². The van der Waals surface area contributed by atoms with Crippen LogP contribution in [0.15, 0.2) is 60.7 Å². The first-order valence-electron chi connectivity index (χ1n) is 8.40. The minimum Gasteiger partial charge on any atom is -0.329 e. The van der Waals surface area contributed by atoms with Crippen LogP contribution in [0.25, 0.3) is 0 Å². The van der Waals surface area contributed by atoms with E-state index < -0.39 is 7.92 Å². The van der Waals surface area contributed by atoms with Crippen molar-refractivity contribution < 1.29 is 0 Å². The molecule has 1 fully saturated rings. The van der Waals surface area contributed by atoms with Crippen LogP contribution in [0.2, 0.25) is 0 Å². The Morgan fingerprint density at radius 2 is 1.50 bits per heavy atom. The van der Waals surface area contributed by atoms with E-state index in [-0.39, 0.29) is 0 Å². The average molecular weight is 335 g/mol. The molecular weight excluding hydrogens is 311 g/mol. The maximum absolute atomic E-state index is 5.65. The predicted molar refractivity (Wildman–Crippen MR) is 105 cm³/mol. The summed E-state index contributed by atoms with van der Waals surface area (Å²) < 4.78 is 0. The van der Waals surface area contributed by atoms with Gasteiger partial charge in [0.1, 0.15) is 0 Å². The van der Waals surface area contributed by atoms with Gasteiger partial charge in [0.25, 0.3) is 0 Å². The first kappa shape index (κ1) is 17.6.